The molecule has 4 aromatic rings. The number of rotatable bonds is 10. The number of benzene rings is 2. The average molecular weight is 522 g/mol. The Kier molecular flexibility index (Phi) is 8.27. The first-order valence-corrected chi connectivity index (χ1v) is 11.7. The maximum Gasteiger partial charge on any atom is 0.287 e. The van der Waals surface area contributed by atoms with E-state index in [1.165, 1.54) is 36.7 Å². The van der Waals surface area contributed by atoms with Crippen LogP contribution in [0.15, 0.2) is 94.2 Å². The third kappa shape index (κ3) is 6.20. The van der Waals surface area contributed by atoms with Crippen LogP contribution in [0.3, 0.4) is 0 Å². The van der Waals surface area contributed by atoms with Crippen molar-refractivity contribution in [3.63, 3.8) is 0 Å². The van der Waals surface area contributed by atoms with Gasteiger partial charge in [0.25, 0.3) is 5.91 Å². The van der Waals surface area contributed by atoms with Gasteiger partial charge >= 0.3 is 0 Å². The molecule has 0 fully saturated rings. The van der Waals surface area contributed by atoms with Gasteiger partial charge in [-0.25, -0.2) is 0 Å². The first-order valence-electron chi connectivity index (χ1n) is 11.3. The van der Waals surface area contributed by atoms with E-state index in [9.17, 15) is 14.4 Å². The lowest BCUT2D eigenvalue weighted by atomic mass is 10.0. The SMILES string of the molecule is COc1ccc(Cl)cc1N(C(=O)CNC(=O)c1ccco1)[C@@H](C(=O)NCc1ccco1)c1ccccc1. The topological polar surface area (TPSA) is 114 Å². The van der Waals surface area contributed by atoms with Gasteiger partial charge in [-0.1, -0.05) is 41.9 Å². The lowest BCUT2D eigenvalue weighted by molar-refractivity contribution is -0.126. The summed E-state index contributed by atoms with van der Waals surface area (Å²) < 4.78 is 15.9. The lowest BCUT2D eigenvalue weighted by Crippen LogP contribution is -2.47. The number of hydrogen-bond acceptors (Lipinski definition) is 6. The van der Waals surface area contributed by atoms with E-state index in [0.29, 0.717) is 22.1 Å². The number of methoxy groups -OCH3 is 1. The van der Waals surface area contributed by atoms with Crippen LogP contribution < -0.4 is 20.3 Å². The van der Waals surface area contributed by atoms with Crippen molar-refractivity contribution in [2.45, 2.75) is 12.6 Å². The van der Waals surface area contributed by atoms with Crippen molar-refractivity contribution in [2.24, 2.45) is 0 Å². The predicted molar refractivity (Wildman–Crippen MR) is 136 cm³/mol. The molecule has 4 rings (SSSR count). The van der Waals surface area contributed by atoms with Crippen LogP contribution in [0.1, 0.15) is 27.9 Å². The minimum Gasteiger partial charge on any atom is -0.495 e. The highest BCUT2D eigenvalue weighted by Gasteiger charge is 2.34. The summed E-state index contributed by atoms with van der Waals surface area (Å²) in [6.45, 7) is -0.316. The molecular weight excluding hydrogens is 498 g/mol. The molecule has 2 heterocycles. The third-order valence-corrected chi connectivity index (χ3v) is 5.69. The van der Waals surface area contributed by atoms with Gasteiger partial charge in [-0.05, 0) is 48.0 Å². The summed E-state index contributed by atoms with van der Waals surface area (Å²) in [5.41, 5.74) is 0.793. The number of amides is 3. The minimum absolute atomic E-state index is 0.0514. The highest BCUT2D eigenvalue weighted by molar-refractivity contribution is 6.31. The van der Waals surface area contributed by atoms with E-state index < -0.39 is 30.3 Å². The molecule has 0 spiro atoms. The summed E-state index contributed by atoms with van der Waals surface area (Å²) >= 11 is 6.29. The molecule has 0 bridgehead atoms. The summed E-state index contributed by atoms with van der Waals surface area (Å²) in [7, 11) is 1.45. The van der Waals surface area contributed by atoms with Gasteiger partial charge in [-0.15, -0.1) is 0 Å². The molecule has 2 aromatic heterocycles. The quantitative estimate of drug-likeness (QED) is 0.320. The largest absolute Gasteiger partial charge is 0.495 e. The number of halogens is 1. The number of nitrogens with zero attached hydrogens (tertiary/aromatic N) is 1. The van der Waals surface area contributed by atoms with Gasteiger partial charge in [0.05, 0.1) is 38.4 Å². The molecule has 0 saturated heterocycles. The molecule has 0 aliphatic carbocycles. The van der Waals surface area contributed by atoms with E-state index in [0.717, 1.165) is 0 Å². The summed E-state index contributed by atoms with van der Waals surface area (Å²) in [6.07, 6.45) is 2.86. The standard InChI is InChI=1S/C27H24ClN3O6/c1-35-22-12-11-19(28)15-21(22)31(24(32)17-30-26(33)23-10-6-14-37-23)25(18-7-3-2-4-8-18)27(34)29-16-20-9-5-13-36-20/h2-15,25H,16-17H2,1H3,(H,29,34)(H,30,33)/t25-/m1/s1. The average Bonchev–Trinajstić information content (AvgIpc) is 3.64. The zero-order chi connectivity index (χ0) is 26.2. The van der Waals surface area contributed by atoms with E-state index in [1.807, 2.05) is 0 Å². The molecule has 0 aliphatic rings. The summed E-state index contributed by atoms with van der Waals surface area (Å²) in [5, 5.41) is 5.70. The molecule has 0 radical (unpaired) electrons. The van der Waals surface area contributed by atoms with Gasteiger partial charge in [0.2, 0.25) is 11.8 Å². The Morgan fingerprint density at radius 2 is 1.70 bits per heavy atom. The zero-order valence-electron chi connectivity index (χ0n) is 19.8. The number of carbonyl (C=O) groups is 3. The Bertz CT molecular complexity index is 1340. The first-order chi connectivity index (χ1) is 18.0. The summed E-state index contributed by atoms with van der Waals surface area (Å²) in [6, 6.07) is 18.9. The maximum atomic E-state index is 13.7. The Hall–Kier alpha value is -4.50. The van der Waals surface area contributed by atoms with Crippen LogP contribution in [0, 0.1) is 0 Å². The van der Waals surface area contributed by atoms with E-state index in [4.69, 9.17) is 25.2 Å². The molecular formula is C27H24ClN3O6. The van der Waals surface area contributed by atoms with Crippen molar-refractivity contribution in [1.29, 1.82) is 0 Å². The smallest absolute Gasteiger partial charge is 0.287 e. The van der Waals surface area contributed by atoms with Crippen molar-refractivity contribution < 1.29 is 28.0 Å². The fourth-order valence-electron chi connectivity index (χ4n) is 3.74. The molecule has 2 aromatic carbocycles. The van der Waals surface area contributed by atoms with Gasteiger partial charge in [0.1, 0.15) is 17.6 Å². The highest BCUT2D eigenvalue weighted by Crippen LogP contribution is 2.37. The molecule has 37 heavy (non-hydrogen) atoms. The van der Waals surface area contributed by atoms with Crippen LogP contribution in [-0.4, -0.2) is 31.4 Å². The summed E-state index contributed by atoms with van der Waals surface area (Å²) in [4.78, 5) is 41.1. The molecule has 3 amide bonds. The molecule has 2 N–H and O–H groups in total. The number of anilines is 1. The Morgan fingerprint density at radius 1 is 0.946 bits per heavy atom. The fourth-order valence-corrected chi connectivity index (χ4v) is 3.91. The Labute approximate surface area is 218 Å². The molecule has 10 heteroatoms. The van der Waals surface area contributed by atoms with Gasteiger partial charge < -0.3 is 24.2 Å². The van der Waals surface area contributed by atoms with Crippen LogP contribution in [-0.2, 0) is 16.1 Å². The monoisotopic (exact) mass is 521 g/mol. The second-order valence-electron chi connectivity index (χ2n) is 7.85. The Morgan fingerprint density at radius 3 is 2.38 bits per heavy atom. The first kappa shape index (κ1) is 25.6. The molecule has 9 nitrogen and oxygen atoms in total. The van der Waals surface area contributed by atoms with E-state index in [1.54, 1.807) is 60.7 Å². The second-order valence-corrected chi connectivity index (χ2v) is 8.29. The highest BCUT2D eigenvalue weighted by atomic mass is 35.5. The predicted octanol–water partition coefficient (Wildman–Crippen LogP) is 4.36. The van der Waals surface area contributed by atoms with E-state index in [-0.39, 0.29) is 18.0 Å². The van der Waals surface area contributed by atoms with Crippen molar-refractivity contribution in [1.82, 2.24) is 10.6 Å². The maximum absolute atomic E-state index is 13.7. The lowest BCUT2D eigenvalue weighted by Gasteiger charge is -2.32. The number of hydrogen-bond donors (Lipinski definition) is 2. The summed E-state index contributed by atoms with van der Waals surface area (Å²) in [5.74, 6) is -0.720. The number of nitrogens with one attached hydrogen (secondary N) is 2. The number of carbonyl (C=O) groups excluding carboxylic acids is 3. The van der Waals surface area contributed by atoms with Crippen molar-refractivity contribution in [3.8, 4) is 5.75 Å². The van der Waals surface area contributed by atoms with Gasteiger partial charge in [0, 0.05) is 5.02 Å². The van der Waals surface area contributed by atoms with Gasteiger partial charge in [-0.2, -0.15) is 0 Å². The van der Waals surface area contributed by atoms with Crippen molar-refractivity contribution in [2.75, 3.05) is 18.6 Å². The fraction of sp³-hybridized carbons (Fsp3) is 0.148. The molecule has 190 valence electrons. The van der Waals surface area contributed by atoms with Crippen LogP contribution in [0.25, 0.3) is 0 Å². The Balaban J connectivity index is 1.72. The van der Waals surface area contributed by atoms with Crippen molar-refractivity contribution >= 4 is 35.0 Å². The van der Waals surface area contributed by atoms with Crippen LogP contribution in [0.4, 0.5) is 5.69 Å². The normalized spacial score (nSPS) is 11.4. The van der Waals surface area contributed by atoms with E-state index >= 15 is 0 Å². The van der Waals surface area contributed by atoms with Gasteiger partial charge in [-0.3, -0.25) is 19.3 Å². The zero-order valence-corrected chi connectivity index (χ0v) is 20.6. The minimum atomic E-state index is -1.13. The molecule has 0 aliphatic heterocycles. The number of furan rings is 2. The molecule has 1 atom stereocenters. The molecule has 0 unspecified atom stereocenters. The number of ether oxygens (including phenoxy) is 1. The van der Waals surface area contributed by atoms with Gasteiger partial charge in [0.15, 0.2) is 5.76 Å². The van der Waals surface area contributed by atoms with Crippen molar-refractivity contribution in [3.05, 3.63) is 107 Å². The third-order valence-electron chi connectivity index (χ3n) is 5.45. The van der Waals surface area contributed by atoms with Crippen LogP contribution in [0.2, 0.25) is 5.02 Å². The van der Waals surface area contributed by atoms with E-state index in [2.05, 4.69) is 10.6 Å². The van der Waals surface area contributed by atoms with Crippen LogP contribution >= 0.6 is 11.6 Å². The van der Waals surface area contributed by atoms with Crippen LogP contribution in [0.5, 0.6) is 5.75 Å². The second kappa shape index (κ2) is 12.0. The molecule has 0 saturated carbocycles.